The first-order valence-electron chi connectivity index (χ1n) is 5.20. The van der Waals surface area contributed by atoms with Crippen LogP contribution in [0.1, 0.15) is 45.4 Å². The first-order chi connectivity index (χ1) is 6.21. The summed E-state index contributed by atoms with van der Waals surface area (Å²) in [5.41, 5.74) is -0.620. The standard InChI is InChI=1S/C10H19NO2/c1-2-11-10(9(12)13)7-5-3-4-6-8-10/h11H,2-8H2,1H3,(H,12,13). The lowest BCUT2D eigenvalue weighted by atomic mass is 9.90. The number of carboxylic acids is 1. The minimum Gasteiger partial charge on any atom is -0.480 e. The van der Waals surface area contributed by atoms with Gasteiger partial charge in [-0.25, -0.2) is 0 Å². The second-order valence-corrected chi connectivity index (χ2v) is 3.83. The predicted octanol–water partition coefficient (Wildman–Crippen LogP) is 1.77. The third-order valence-corrected chi connectivity index (χ3v) is 2.88. The molecule has 0 heterocycles. The van der Waals surface area contributed by atoms with Crippen LogP contribution in [0.5, 0.6) is 0 Å². The van der Waals surface area contributed by atoms with Crippen molar-refractivity contribution in [2.24, 2.45) is 0 Å². The van der Waals surface area contributed by atoms with Gasteiger partial charge in [-0.3, -0.25) is 4.79 Å². The molecule has 0 aromatic rings. The van der Waals surface area contributed by atoms with Gasteiger partial charge >= 0.3 is 5.97 Å². The van der Waals surface area contributed by atoms with Crippen LogP contribution in [0, 0.1) is 0 Å². The Morgan fingerprint density at radius 3 is 2.23 bits per heavy atom. The van der Waals surface area contributed by atoms with Crippen LogP contribution in [-0.4, -0.2) is 23.2 Å². The normalized spacial score (nSPS) is 22.2. The van der Waals surface area contributed by atoms with Crippen molar-refractivity contribution in [3.8, 4) is 0 Å². The van der Waals surface area contributed by atoms with Crippen LogP contribution in [0.25, 0.3) is 0 Å². The van der Waals surface area contributed by atoms with Crippen molar-refractivity contribution in [2.75, 3.05) is 6.54 Å². The van der Waals surface area contributed by atoms with E-state index in [9.17, 15) is 9.90 Å². The summed E-state index contributed by atoms with van der Waals surface area (Å²) in [5, 5.41) is 12.3. The van der Waals surface area contributed by atoms with Gasteiger partial charge in [-0.15, -0.1) is 0 Å². The second-order valence-electron chi connectivity index (χ2n) is 3.83. The summed E-state index contributed by atoms with van der Waals surface area (Å²) in [6.07, 6.45) is 6.02. The van der Waals surface area contributed by atoms with E-state index in [0.717, 1.165) is 32.2 Å². The van der Waals surface area contributed by atoms with E-state index in [1.165, 1.54) is 12.8 Å². The van der Waals surface area contributed by atoms with Crippen LogP contribution in [0.3, 0.4) is 0 Å². The molecule has 0 bridgehead atoms. The highest BCUT2D eigenvalue weighted by Crippen LogP contribution is 2.27. The molecule has 0 amide bonds. The molecule has 1 fully saturated rings. The van der Waals surface area contributed by atoms with Gasteiger partial charge in [-0.1, -0.05) is 32.6 Å². The van der Waals surface area contributed by atoms with Gasteiger partial charge in [-0.2, -0.15) is 0 Å². The molecule has 3 heteroatoms. The number of nitrogens with one attached hydrogen (secondary N) is 1. The minimum absolute atomic E-state index is 0.620. The third kappa shape index (κ3) is 2.44. The molecule has 1 saturated carbocycles. The van der Waals surface area contributed by atoms with Gasteiger partial charge in [0, 0.05) is 0 Å². The summed E-state index contributed by atoms with van der Waals surface area (Å²) in [6, 6.07) is 0. The van der Waals surface area contributed by atoms with Crippen molar-refractivity contribution < 1.29 is 9.90 Å². The lowest BCUT2D eigenvalue weighted by Crippen LogP contribution is -2.51. The minimum atomic E-state index is -0.670. The van der Waals surface area contributed by atoms with Crippen LogP contribution in [0.4, 0.5) is 0 Å². The van der Waals surface area contributed by atoms with E-state index in [4.69, 9.17) is 0 Å². The molecular weight excluding hydrogens is 166 g/mol. The van der Waals surface area contributed by atoms with E-state index in [0.29, 0.717) is 0 Å². The molecule has 0 radical (unpaired) electrons. The third-order valence-electron chi connectivity index (χ3n) is 2.88. The molecule has 1 rings (SSSR count). The molecule has 0 spiro atoms. The second kappa shape index (κ2) is 4.61. The number of hydrogen-bond donors (Lipinski definition) is 2. The summed E-state index contributed by atoms with van der Waals surface area (Å²) in [6.45, 7) is 2.71. The molecule has 1 aliphatic rings. The van der Waals surface area contributed by atoms with Crippen molar-refractivity contribution >= 4 is 5.97 Å². The first-order valence-corrected chi connectivity index (χ1v) is 5.20. The highest BCUT2D eigenvalue weighted by Gasteiger charge is 2.37. The van der Waals surface area contributed by atoms with E-state index in [1.807, 2.05) is 6.92 Å². The summed E-state index contributed by atoms with van der Waals surface area (Å²) < 4.78 is 0. The number of hydrogen-bond acceptors (Lipinski definition) is 2. The zero-order valence-corrected chi connectivity index (χ0v) is 8.31. The fourth-order valence-electron chi connectivity index (χ4n) is 2.14. The summed E-state index contributed by atoms with van der Waals surface area (Å²) in [5.74, 6) is -0.670. The molecule has 0 unspecified atom stereocenters. The van der Waals surface area contributed by atoms with Crippen LogP contribution in [0.2, 0.25) is 0 Å². The van der Waals surface area contributed by atoms with E-state index in [-0.39, 0.29) is 0 Å². The Bertz CT molecular complexity index is 172. The van der Waals surface area contributed by atoms with E-state index in [1.54, 1.807) is 0 Å². The van der Waals surface area contributed by atoms with Gasteiger partial charge in [0.1, 0.15) is 5.54 Å². The van der Waals surface area contributed by atoms with Crippen molar-refractivity contribution in [1.29, 1.82) is 0 Å². The molecule has 76 valence electrons. The molecule has 0 atom stereocenters. The van der Waals surface area contributed by atoms with E-state index < -0.39 is 11.5 Å². The summed E-state index contributed by atoms with van der Waals surface area (Å²) in [7, 11) is 0. The van der Waals surface area contributed by atoms with Crippen LogP contribution in [-0.2, 0) is 4.79 Å². The van der Waals surface area contributed by atoms with Crippen molar-refractivity contribution in [1.82, 2.24) is 5.32 Å². The Kier molecular flexibility index (Phi) is 3.72. The Morgan fingerprint density at radius 2 is 1.85 bits per heavy atom. The van der Waals surface area contributed by atoms with Gasteiger partial charge < -0.3 is 10.4 Å². The average molecular weight is 185 g/mol. The topological polar surface area (TPSA) is 49.3 Å². The molecule has 0 aliphatic heterocycles. The van der Waals surface area contributed by atoms with Crippen molar-refractivity contribution in [2.45, 2.75) is 51.0 Å². The molecule has 0 aromatic heterocycles. The lowest BCUT2D eigenvalue weighted by molar-refractivity contribution is -0.145. The van der Waals surface area contributed by atoms with Crippen molar-refractivity contribution in [3.63, 3.8) is 0 Å². The van der Waals surface area contributed by atoms with Gasteiger partial charge in [-0.05, 0) is 19.4 Å². The van der Waals surface area contributed by atoms with E-state index >= 15 is 0 Å². The highest BCUT2D eigenvalue weighted by molar-refractivity contribution is 5.78. The molecule has 2 N–H and O–H groups in total. The average Bonchev–Trinajstić information content (AvgIpc) is 2.31. The summed E-state index contributed by atoms with van der Waals surface area (Å²) >= 11 is 0. The Labute approximate surface area is 79.5 Å². The number of carbonyl (C=O) groups is 1. The number of aliphatic carboxylic acids is 1. The van der Waals surface area contributed by atoms with Crippen LogP contribution < -0.4 is 5.32 Å². The van der Waals surface area contributed by atoms with Gasteiger partial charge in [0.05, 0.1) is 0 Å². The van der Waals surface area contributed by atoms with Crippen LogP contribution >= 0.6 is 0 Å². The zero-order valence-electron chi connectivity index (χ0n) is 8.31. The van der Waals surface area contributed by atoms with Crippen LogP contribution in [0.15, 0.2) is 0 Å². The fourth-order valence-corrected chi connectivity index (χ4v) is 2.14. The lowest BCUT2D eigenvalue weighted by Gasteiger charge is -2.28. The molecular formula is C10H19NO2. The maximum absolute atomic E-state index is 11.2. The monoisotopic (exact) mass is 185 g/mol. The van der Waals surface area contributed by atoms with E-state index in [2.05, 4.69) is 5.32 Å². The Balaban J connectivity index is 2.67. The molecule has 3 nitrogen and oxygen atoms in total. The maximum atomic E-state index is 11.2. The number of likely N-dealkylation sites (N-methyl/N-ethyl adjacent to an activating group) is 1. The van der Waals surface area contributed by atoms with Gasteiger partial charge in [0.15, 0.2) is 0 Å². The smallest absolute Gasteiger partial charge is 0.323 e. The van der Waals surface area contributed by atoms with Gasteiger partial charge in [0.25, 0.3) is 0 Å². The Morgan fingerprint density at radius 1 is 1.31 bits per heavy atom. The molecule has 13 heavy (non-hydrogen) atoms. The molecule has 1 aliphatic carbocycles. The quantitative estimate of drug-likeness (QED) is 0.659. The number of rotatable bonds is 3. The summed E-state index contributed by atoms with van der Waals surface area (Å²) in [4.78, 5) is 11.2. The largest absolute Gasteiger partial charge is 0.480 e. The zero-order chi connectivity index (χ0) is 9.73. The maximum Gasteiger partial charge on any atom is 0.323 e. The van der Waals surface area contributed by atoms with Gasteiger partial charge in [0.2, 0.25) is 0 Å². The molecule has 0 aromatic carbocycles. The number of carboxylic acid groups (broad SMARTS) is 1. The fraction of sp³-hybridized carbons (Fsp3) is 0.900. The SMILES string of the molecule is CCNC1(C(=O)O)CCCCCC1. The Hall–Kier alpha value is -0.570. The highest BCUT2D eigenvalue weighted by atomic mass is 16.4. The first kappa shape index (κ1) is 10.5. The van der Waals surface area contributed by atoms with Crippen molar-refractivity contribution in [3.05, 3.63) is 0 Å². The molecule has 0 saturated heterocycles. The predicted molar refractivity (Wildman–Crippen MR) is 51.7 cm³/mol.